The smallest absolute Gasteiger partial charge is 0.411 e. The highest BCUT2D eigenvalue weighted by Gasteiger charge is 2.36. The quantitative estimate of drug-likeness (QED) is 0.745. The molecule has 0 amide bonds. The molecular weight excluding hydrogens is 251 g/mol. The molecule has 0 fully saturated rings. The molecule has 0 aliphatic carbocycles. The Hall–Kier alpha value is -0.820. The molecule has 0 aliphatic rings. The van der Waals surface area contributed by atoms with Crippen LogP contribution in [0, 0.1) is 0 Å². The minimum Gasteiger partial charge on any atom is -0.480 e. The molecule has 2 atom stereocenters. The summed E-state index contributed by atoms with van der Waals surface area (Å²) in [6.45, 7) is 5.02. The standard InChI is InChI=1S/C11H20F3NO3/c1-7(2)15-10(4,9(16)17)5-8(3)18-6-11(12,13)14/h7-8,15H,5-6H2,1-4H3,(H,16,17). The summed E-state index contributed by atoms with van der Waals surface area (Å²) < 4.78 is 40.5. The van der Waals surface area contributed by atoms with Gasteiger partial charge in [0, 0.05) is 12.5 Å². The van der Waals surface area contributed by atoms with Crippen molar-refractivity contribution in [1.82, 2.24) is 5.32 Å². The molecule has 7 heteroatoms. The van der Waals surface area contributed by atoms with Crippen LogP contribution < -0.4 is 5.32 Å². The Morgan fingerprint density at radius 2 is 1.83 bits per heavy atom. The maximum atomic E-state index is 12.0. The summed E-state index contributed by atoms with van der Waals surface area (Å²) >= 11 is 0. The second-order valence-corrected chi connectivity index (χ2v) is 4.88. The molecule has 0 aliphatic heterocycles. The van der Waals surface area contributed by atoms with Crippen molar-refractivity contribution in [3.8, 4) is 0 Å². The number of halogens is 3. The number of alkyl halides is 3. The van der Waals surface area contributed by atoms with E-state index in [2.05, 4.69) is 10.1 Å². The van der Waals surface area contributed by atoms with Gasteiger partial charge >= 0.3 is 12.1 Å². The maximum absolute atomic E-state index is 12.0. The fraction of sp³-hybridized carbons (Fsp3) is 0.909. The van der Waals surface area contributed by atoms with E-state index < -0.39 is 30.4 Å². The van der Waals surface area contributed by atoms with Gasteiger partial charge in [-0.1, -0.05) is 0 Å². The van der Waals surface area contributed by atoms with Gasteiger partial charge in [-0.3, -0.25) is 10.1 Å². The summed E-state index contributed by atoms with van der Waals surface area (Å²) in [6, 6.07) is -0.0964. The molecule has 0 aromatic rings. The van der Waals surface area contributed by atoms with Gasteiger partial charge in [0.15, 0.2) is 0 Å². The van der Waals surface area contributed by atoms with E-state index in [1.807, 2.05) is 0 Å². The molecule has 0 rings (SSSR count). The predicted octanol–water partition coefficient (Wildman–Crippen LogP) is 2.19. The zero-order chi connectivity index (χ0) is 14.6. The van der Waals surface area contributed by atoms with Crippen LogP contribution in [0.25, 0.3) is 0 Å². The summed E-state index contributed by atoms with van der Waals surface area (Å²) in [6.07, 6.45) is -5.25. The lowest BCUT2D eigenvalue weighted by Gasteiger charge is -2.31. The first-order valence-corrected chi connectivity index (χ1v) is 5.66. The van der Waals surface area contributed by atoms with E-state index >= 15 is 0 Å². The normalized spacial score (nSPS) is 17.6. The van der Waals surface area contributed by atoms with Crippen molar-refractivity contribution in [3.63, 3.8) is 0 Å². The van der Waals surface area contributed by atoms with Gasteiger partial charge in [0.1, 0.15) is 12.1 Å². The predicted molar refractivity (Wildman–Crippen MR) is 60.4 cm³/mol. The molecule has 0 bridgehead atoms. The third kappa shape index (κ3) is 6.80. The Morgan fingerprint density at radius 1 is 1.33 bits per heavy atom. The molecule has 0 aromatic heterocycles. The molecule has 108 valence electrons. The van der Waals surface area contributed by atoms with Crippen molar-refractivity contribution in [2.75, 3.05) is 6.61 Å². The SMILES string of the molecule is CC(C)NC(C)(CC(C)OCC(F)(F)F)C(=O)O. The Morgan fingerprint density at radius 3 is 2.17 bits per heavy atom. The van der Waals surface area contributed by atoms with Crippen LogP contribution in [-0.2, 0) is 9.53 Å². The van der Waals surface area contributed by atoms with Crippen LogP contribution in [0.3, 0.4) is 0 Å². The summed E-state index contributed by atoms with van der Waals surface area (Å²) in [7, 11) is 0. The second-order valence-electron chi connectivity index (χ2n) is 4.88. The van der Waals surface area contributed by atoms with Crippen molar-refractivity contribution < 1.29 is 27.8 Å². The number of hydrogen-bond acceptors (Lipinski definition) is 3. The summed E-state index contributed by atoms with van der Waals surface area (Å²) in [5.74, 6) is -1.11. The Bertz CT molecular complexity index is 281. The molecule has 2 unspecified atom stereocenters. The van der Waals surface area contributed by atoms with E-state index in [0.29, 0.717) is 0 Å². The fourth-order valence-corrected chi connectivity index (χ4v) is 1.72. The zero-order valence-electron chi connectivity index (χ0n) is 11.0. The maximum Gasteiger partial charge on any atom is 0.411 e. The van der Waals surface area contributed by atoms with E-state index in [1.54, 1.807) is 13.8 Å². The van der Waals surface area contributed by atoms with Gasteiger partial charge in [-0.05, 0) is 27.7 Å². The number of carboxylic acids is 1. The van der Waals surface area contributed by atoms with Gasteiger partial charge in [0.2, 0.25) is 0 Å². The fourth-order valence-electron chi connectivity index (χ4n) is 1.72. The molecule has 0 saturated heterocycles. The number of ether oxygens (including phenoxy) is 1. The van der Waals surface area contributed by atoms with Crippen LogP contribution in [0.2, 0.25) is 0 Å². The Labute approximate surface area is 105 Å². The number of aliphatic carboxylic acids is 1. The summed E-state index contributed by atoms with van der Waals surface area (Å²) in [4.78, 5) is 11.2. The lowest BCUT2D eigenvalue weighted by atomic mass is 9.94. The van der Waals surface area contributed by atoms with Crippen LogP contribution in [0.4, 0.5) is 13.2 Å². The largest absolute Gasteiger partial charge is 0.480 e. The van der Waals surface area contributed by atoms with Crippen molar-refractivity contribution in [1.29, 1.82) is 0 Å². The van der Waals surface area contributed by atoms with Crippen LogP contribution in [0.15, 0.2) is 0 Å². The number of carbonyl (C=O) groups is 1. The summed E-state index contributed by atoms with van der Waals surface area (Å²) in [5, 5.41) is 11.9. The van der Waals surface area contributed by atoms with Crippen molar-refractivity contribution >= 4 is 5.97 Å². The molecule has 18 heavy (non-hydrogen) atoms. The van der Waals surface area contributed by atoms with E-state index in [1.165, 1.54) is 13.8 Å². The van der Waals surface area contributed by atoms with E-state index in [9.17, 15) is 18.0 Å². The first kappa shape index (κ1) is 17.2. The highest BCUT2D eigenvalue weighted by atomic mass is 19.4. The average molecular weight is 271 g/mol. The lowest BCUT2D eigenvalue weighted by Crippen LogP contribution is -2.54. The zero-order valence-corrected chi connectivity index (χ0v) is 11.0. The monoisotopic (exact) mass is 271 g/mol. The van der Waals surface area contributed by atoms with Crippen molar-refractivity contribution in [2.45, 2.75) is 58.0 Å². The van der Waals surface area contributed by atoms with Crippen LogP contribution in [0.5, 0.6) is 0 Å². The van der Waals surface area contributed by atoms with Gasteiger partial charge in [-0.2, -0.15) is 13.2 Å². The minimum absolute atomic E-state index is 0.0450. The van der Waals surface area contributed by atoms with E-state index in [0.717, 1.165) is 0 Å². The van der Waals surface area contributed by atoms with Gasteiger partial charge in [-0.15, -0.1) is 0 Å². The number of hydrogen-bond donors (Lipinski definition) is 2. The topological polar surface area (TPSA) is 58.6 Å². The van der Waals surface area contributed by atoms with E-state index in [-0.39, 0.29) is 12.5 Å². The molecule has 2 N–H and O–H groups in total. The van der Waals surface area contributed by atoms with Gasteiger partial charge in [0.05, 0.1) is 6.10 Å². The first-order valence-electron chi connectivity index (χ1n) is 5.66. The number of nitrogens with one attached hydrogen (secondary N) is 1. The molecule has 4 nitrogen and oxygen atoms in total. The first-order chi connectivity index (χ1) is 7.96. The lowest BCUT2D eigenvalue weighted by molar-refractivity contribution is -0.186. The third-order valence-corrected chi connectivity index (χ3v) is 2.31. The van der Waals surface area contributed by atoms with Crippen molar-refractivity contribution in [3.05, 3.63) is 0 Å². The van der Waals surface area contributed by atoms with Crippen LogP contribution in [-0.4, -0.2) is 41.5 Å². The Balaban J connectivity index is 4.46. The van der Waals surface area contributed by atoms with E-state index in [4.69, 9.17) is 5.11 Å². The van der Waals surface area contributed by atoms with Crippen LogP contribution in [0.1, 0.15) is 34.1 Å². The molecule has 0 aromatic carbocycles. The summed E-state index contributed by atoms with van der Waals surface area (Å²) in [5.41, 5.74) is -1.31. The van der Waals surface area contributed by atoms with Gasteiger partial charge in [-0.25, -0.2) is 0 Å². The van der Waals surface area contributed by atoms with Gasteiger partial charge in [0.25, 0.3) is 0 Å². The Kier molecular flexibility index (Phi) is 6.09. The molecule has 0 radical (unpaired) electrons. The average Bonchev–Trinajstić information content (AvgIpc) is 2.11. The third-order valence-electron chi connectivity index (χ3n) is 2.31. The highest BCUT2D eigenvalue weighted by molar-refractivity contribution is 5.78. The molecule has 0 heterocycles. The number of rotatable bonds is 7. The molecular formula is C11H20F3NO3. The molecule has 0 spiro atoms. The van der Waals surface area contributed by atoms with Crippen LogP contribution >= 0.6 is 0 Å². The number of carboxylic acid groups (broad SMARTS) is 1. The molecule has 0 saturated carbocycles. The second kappa shape index (κ2) is 6.38. The van der Waals surface area contributed by atoms with Crippen molar-refractivity contribution in [2.24, 2.45) is 0 Å². The van der Waals surface area contributed by atoms with Gasteiger partial charge < -0.3 is 9.84 Å². The minimum atomic E-state index is -4.40. The highest BCUT2D eigenvalue weighted by Crippen LogP contribution is 2.20.